The highest BCUT2D eigenvalue weighted by Crippen LogP contribution is 2.53. The van der Waals surface area contributed by atoms with Gasteiger partial charge in [-0.3, -0.25) is 9.69 Å². The predicted octanol–water partition coefficient (Wildman–Crippen LogP) is 3.40. The molecule has 3 saturated heterocycles. The predicted molar refractivity (Wildman–Crippen MR) is 100 cm³/mol. The van der Waals surface area contributed by atoms with Crippen molar-refractivity contribution in [2.24, 2.45) is 5.92 Å². The number of amides is 1. The average Bonchev–Trinajstić information content (AvgIpc) is 3.29. The minimum absolute atomic E-state index is 0.111. The Hall–Kier alpha value is -1.43. The summed E-state index contributed by atoms with van der Waals surface area (Å²) >= 11 is 1.59. The van der Waals surface area contributed by atoms with Crippen molar-refractivity contribution in [3.8, 4) is 0 Å². The summed E-state index contributed by atoms with van der Waals surface area (Å²) in [6.45, 7) is 3.06. The van der Waals surface area contributed by atoms with Gasteiger partial charge in [-0.15, -0.1) is 11.3 Å². The van der Waals surface area contributed by atoms with Gasteiger partial charge in [-0.2, -0.15) is 0 Å². The molecule has 1 spiro atoms. The molecule has 1 unspecified atom stereocenters. The molecular formula is C20H24N2O2S. The fourth-order valence-electron chi connectivity index (χ4n) is 4.98. The van der Waals surface area contributed by atoms with E-state index in [4.69, 9.17) is 4.74 Å². The molecule has 1 N–H and O–H groups in total. The highest BCUT2D eigenvalue weighted by molar-refractivity contribution is 7.20. The minimum atomic E-state index is 0.111. The standard InChI is InChI=1S/C20H24N2O2S/c1-24-12-13-2-3-15-11-17(25-16(15)10-13)19(23)21-18-14-4-8-22(9-5-14)20(18)6-7-20/h2-3,10-11,14,18H,4-9,12H2,1H3,(H,21,23). The van der Waals surface area contributed by atoms with Crippen LogP contribution in [0.4, 0.5) is 0 Å². The second kappa shape index (κ2) is 5.79. The van der Waals surface area contributed by atoms with Crippen LogP contribution >= 0.6 is 11.3 Å². The van der Waals surface area contributed by atoms with Crippen LogP contribution in [0.15, 0.2) is 24.3 Å². The van der Waals surface area contributed by atoms with Crippen LogP contribution in [0.5, 0.6) is 0 Å². The zero-order valence-electron chi connectivity index (χ0n) is 14.6. The summed E-state index contributed by atoms with van der Waals surface area (Å²) in [5.74, 6) is 0.777. The normalized spacial score (nSPS) is 29.2. The molecule has 2 aromatic rings. The number of thiophene rings is 1. The highest BCUT2D eigenvalue weighted by Gasteiger charge is 2.60. The Bertz CT molecular complexity index is 818. The molecule has 4 heterocycles. The van der Waals surface area contributed by atoms with Crippen molar-refractivity contribution in [3.05, 3.63) is 34.7 Å². The number of nitrogens with zero attached hydrogens (tertiary/aromatic N) is 1. The Balaban J connectivity index is 1.38. The first-order chi connectivity index (χ1) is 12.2. The van der Waals surface area contributed by atoms with E-state index in [1.807, 2.05) is 6.07 Å². The molecule has 0 radical (unpaired) electrons. The van der Waals surface area contributed by atoms with Gasteiger partial charge in [-0.05, 0) is 67.8 Å². The average molecular weight is 356 g/mol. The summed E-state index contributed by atoms with van der Waals surface area (Å²) in [5.41, 5.74) is 1.44. The van der Waals surface area contributed by atoms with Crippen LogP contribution in [-0.2, 0) is 11.3 Å². The molecular weight excluding hydrogens is 332 g/mol. The number of carbonyl (C=O) groups excluding carboxylic acids is 1. The number of benzene rings is 1. The zero-order chi connectivity index (χ0) is 17.0. The maximum Gasteiger partial charge on any atom is 0.261 e. The van der Waals surface area contributed by atoms with E-state index in [0.717, 1.165) is 20.5 Å². The molecule has 6 rings (SSSR count). The van der Waals surface area contributed by atoms with Crippen molar-refractivity contribution < 1.29 is 9.53 Å². The molecule has 1 aromatic heterocycles. The lowest BCUT2D eigenvalue weighted by molar-refractivity contribution is -0.00138. The molecule has 1 amide bonds. The van der Waals surface area contributed by atoms with Gasteiger partial charge in [0.05, 0.1) is 17.5 Å². The Morgan fingerprint density at radius 3 is 2.84 bits per heavy atom. The number of rotatable bonds is 4. The molecule has 4 nitrogen and oxygen atoms in total. The van der Waals surface area contributed by atoms with Gasteiger partial charge in [0.2, 0.25) is 0 Å². The van der Waals surface area contributed by atoms with Crippen LogP contribution < -0.4 is 5.32 Å². The van der Waals surface area contributed by atoms with Gasteiger partial charge >= 0.3 is 0 Å². The molecule has 25 heavy (non-hydrogen) atoms. The SMILES string of the molecule is COCc1ccc2cc(C(=O)NC3C4CCN(CC4)C34CC4)sc2c1. The Morgan fingerprint density at radius 1 is 1.32 bits per heavy atom. The highest BCUT2D eigenvalue weighted by atomic mass is 32.1. The molecule has 1 aromatic carbocycles. The third kappa shape index (κ3) is 2.52. The summed E-state index contributed by atoms with van der Waals surface area (Å²) in [5, 5.41) is 4.57. The van der Waals surface area contributed by atoms with Crippen LogP contribution in [0, 0.1) is 5.92 Å². The summed E-state index contributed by atoms with van der Waals surface area (Å²) in [6.07, 6.45) is 4.97. The molecule has 132 valence electrons. The quantitative estimate of drug-likeness (QED) is 0.913. The molecule has 1 saturated carbocycles. The molecule has 2 bridgehead atoms. The summed E-state index contributed by atoms with van der Waals surface area (Å²) in [6, 6.07) is 8.68. The minimum Gasteiger partial charge on any atom is -0.380 e. The van der Waals surface area contributed by atoms with E-state index in [9.17, 15) is 4.79 Å². The molecule has 4 fully saturated rings. The topological polar surface area (TPSA) is 41.6 Å². The maximum absolute atomic E-state index is 12.9. The number of methoxy groups -OCH3 is 1. The smallest absolute Gasteiger partial charge is 0.261 e. The van der Waals surface area contributed by atoms with Gasteiger partial charge in [-0.25, -0.2) is 0 Å². The van der Waals surface area contributed by atoms with E-state index < -0.39 is 0 Å². The van der Waals surface area contributed by atoms with Crippen molar-refractivity contribution in [1.29, 1.82) is 0 Å². The monoisotopic (exact) mass is 356 g/mol. The number of fused-ring (bicyclic) bond motifs is 3. The number of piperidine rings is 3. The van der Waals surface area contributed by atoms with Crippen molar-refractivity contribution in [3.63, 3.8) is 0 Å². The second-order valence-corrected chi connectivity index (χ2v) is 8.88. The largest absolute Gasteiger partial charge is 0.380 e. The molecule has 4 aliphatic rings. The van der Waals surface area contributed by atoms with Crippen molar-refractivity contribution in [2.75, 3.05) is 20.2 Å². The van der Waals surface area contributed by atoms with Crippen LogP contribution in [-0.4, -0.2) is 42.6 Å². The molecule has 5 heteroatoms. The molecule has 1 aliphatic carbocycles. The van der Waals surface area contributed by atoms with Gasteiger partial charge in [-0.1, -0.05) is 12.1 Å². The number of carbonyl (C=O) groups is 1. The number of nitrogens with one attached hydrogen (secondary N) is 1. The van der Waals surface area contributed by atoms with E-state index >= 15 is 0 Å². The lowest BCUT2D eigenvalue weighted by Crippen LogP contribution is -2.65. The fraction of sp³-hybridized carbons (Fsp3) is 0.550. The van der Waals surface area contributed by atoms with E-state index in [1.165, 1.54) is 38.8 Å². The van der Waals surface area contributed by atoms with Gasteiger partial charge in [0.25, 0.3) is 5.91 Å². The van der Waals surface area contributed by atoms with Crippen LogP contribution in [0.1, 0.15) is 40.9 Å². The molecule has 1 atom stereocenters. The van der Waals surface area contributed by atoms with E-state index in [-0.39, 0.29) is 5.91 Å². The number of hydrogen-bond acceptors (Lipinski definition) is 4. The van der Waals surface area contributed by atoms with Crippen molar-refractivity contribution in [2.45, 2.75) is 43.9 Å². The molecule has 3 aliphatic heterocycles. The zero-order valence-corrected chi connectivity index (χ0v) is 15.4. The van der Waals surface area contributed by atoms with Gasteiger partial charge in [0, 0.05) is 17.3 Å². The number of ether oxygens (including phenoxy) is 1. The Labute approximate surface area is 152 Å². The Morgan fingerprint density at radius 2 is 2.12 bits per heavy atom. The Kier molecular flexibility index (Phi) is 3.66. The second-order valence-electron chi connectivity index (χ2n) is 7.80. The number of hydrogen-bond donors (Lipinski definition) is 1. The fourth-order valence-corrected chi connectivity index (χ4v) is 6.01. The summed E-state index contributed by atoms with van der Waals surface area (Å²) in [4.78, 5) is 16.4. The first-order valence-electron chi connectivity index (χ1n) is 9.27. The third-order valence-corrected chi connectivity index (χ3v) is 7.48. The van der Waals surface area contributed by atoms with E-state index in [1.54, 1.807) is 18.4 Å². The summed E-state index contributed by atoms with van der Waals surface area (Å²) in [7, 11) is 1.71. The maximum atomic E-state index is 12.9. The van der Waals surface area contributed by atoms with Crippen LogP contribution in [0.2, 0.25) is 0 Å². The first kappa shape index (κ1) is 15.8. The van der Waals surface area contributed by atoms with Gasteiger partial charge in [0.15, 0.2) is 0 Å². The lowest BCUT2D eigenvalue weighted by Gasteiger charge is -2.52. The lowest BCUT2D eigenvalue weighted by atomic mass is 9.77. The van der Waals surface area contributed by atoms with E-state index in [0.29, 0.717) is 24.1 Å². The summed E-state index contributed by atoms with van der Waals surface area (Å²) < 4.78 is 6.37. The first-order valence-corrected chi connectivity index (χ1v) is 10.1. The van der Waals surface area contributed by atoms with Crippen LogP contribution in [0.3, 0.4) is 0 Å². The van der Waals surface area contributed by atoms with Crippen molar-refractivity contribution in [1.82, 2.24) is 10.2 Å². The third-order valence-electron chi connectivity index (χ3n) is 6.39. The van der Waals surface area contributed by atoms with Gasteiger partial charge in [0.1, 0.15) is 0 Å². The van der Waals surface area contributed by atoms with Crippen molar-refractivity contribution >= 4 is 27.3 Å². The van der Waals surface area contributed by atoms with E-state index in [2.05, 4.69) is 28.4 Å². The van der Waals surface area contributed by atoms with Gasteiger partial charge < -0.3 is 10.1 Å². The van der Waals surface area contributed by atoms with Crippen LogP contribution in [0.25, 0.3) is 10.1 Å².